The van der Waals surface area contributed by atoms with E-state index in [1.807, 2.05) is 0 Å². The van der Waals surface area contributed by atoms with Gasteiger partial charge in [-0.2, -0.15) is 0 Å². The van der Waals surface area contributed by atoms with Crippen LogP contribution >= 0.6 is 0 Å². The van der Waals surface area contributed by atoms with E-state index in [0.29, 0.717) is 22.5 Å². The molecule has 21 heavy (non-hydrogen) atoms. The molecule has 0 aliphatic heterocycles. The highest BCUT2D eigenvalue weighted by molar-refractivity contribution is 6.06. The van der Waals surface area contributed by atoms with Crippen LogP contribution in [0.15, 0.2) is 42.5 Å². The van der Waals surface area contributed by atoms with Crippen molar-refractivity contribution in [2.75, 3.05) is 18.2 Å². The van der Waals surface area contributed by atoms with Gasteiger partial charge in [-0.3, -0.25) is 4.79 Å². The molecule has 0 saturated carbocycles. The van der Waals surface area contributed by atoms with Crippen LogP contribution in [0.2, 0.25) is 0 Å². The first kappa shape index (κ1) is 14.6. The van der Waals surface area contributed by atoms with Crippen LogP contribution in [0.4, 0.5) is 11.4 Å². The molecule has 2 rings (SSSR count). The molecule has 2 aromatic rings. The maximum atomic E-state index is 12.2. The predicted molar refractivity (Wildman–Crippen MR) is 81.3 cm³/mol. The van der Waals surface area contributed by atoms with E-state index in [9.17, 15) is 9.59 Å². The molecule has 0 radical (unpaired) electrons. The van der Waals surface area contributed by atoms with Crippen LogP contribution in [0.3, 0.4) is 0 Å². The molecule has 1 amide bonds. The lowest BCUT2D eigenvalue weighted by Crippen LogP contribution is -2.14. The molecule has 0 unspecified atom stereocenters. The van der Waals surface area contributed by atoms with Gasteiger partial charge in [0.2, 0.25) is 0 Å². The van der Waals surface area contributed by atoms with E-state index in [0.717, 1.165) is 5.56 Å². The fraction of sp³-hybridized carbons (Fsp3) is 0.125. The number of nitrogens with one attached hydrogen (secondary N) is 1. The Balaban J connectivity index is 2.16. The molecule has 0 bridgehead atoms. The first-order valence-corrected chi connectivity index (χ1v) is 6.37. The van der Waals surface area contributed by atoms with Crippen molar-refractivity contribution in [3.8, 4) is 0 Å². The summed E-state index contributed by atoms with van der Waals surface area (Å²) >= 11 is 0. The average molecular weight is 284 g/mol. The second-order valence-electron chi connectivity index (χ2n) is 4.54. The Morgan fingerprint density at radius 2 is 1.76 bits per heavy atom. The molecular weight excluding hydrogens is 268 g/mol. The SMILES string of the molecule is COC(=O)c1ccc(NC(=O)c2cccc(N)c2C)cc1. The van der Waals surface area contributed by atoms with Gasteiger partial charge in [0.25, 0.3) is 5.91 Å². The maximum absolute atomic E-state index is 12.2. The molecule has 0 spiro atoms. The van der Waals surface area contributed by atoms with Crippen LogP contribution in [0, 0.1) is 6.92 Å². The summed E-state index contributed by atoms with van der Waals surface area (Å²) in [5.74, 6) is -0.662. The van der Waals surface area contributed by atoms with E-state index in [1.54, 1.807) is 49.4 Å². The number of carbonyl (C=O) groups excluding carboxylic acids is 2. The third kappa shape index (κ3) is 3.20. The smallest absolute Gasteiger partial charge is 0.337 e. The van der Waals surface area contributed by atoms with Crippen molar-refractivity contribution in [1.82, 2.24) is 0 Å². The van der Waals surface area contributed by atoms with Crippen LogP contribution in [0.25, 0.3) is 0 Å². The number of carbonyl (C=O) groups is 2. The summed E-state index contributed by atoms with van der Waals surface area (Å²) in [5.41, 5.74) is 8.64. The lowest BCUT2D eigenvalue weighted by Gasteiger charge is -2.09. The fourth-order valence-electron chi connectivity index (χ4n) is 1.91. The number of nitrogens with two attached hydrogens (primary N) is 1. The Labute approximate surface area is 122 Å². The van der Waals surface area contributed by atoms with Crippen LogP contribution in [0.5, 0.6) is 0 Å². The second kappa shape index (κ2) is 6.09. The molecule has 3 N–H and O–H groups in total. The van der Waals surface area contributed by atoms with Gasteiger partial charge in [-0.15, -0.1) is 0 Å². The topological polar surface area (TPSA) is 81.4 Å². The Morgan fingerprint density at radius 1 is 1.10 bits per heavy atom. The van der Waals surface area contributed by atoms with Crippen LogP contribution < -0.4 is 11.1 Å². The molecule has 0 atom stereocenters. The standard InChI is InChI=1S/C16H16N2O3/c1-10-13(4-3-5-14(10)17)15(19)18-12-8-6-11(7-9-12)16(20)21-2/h3-9H,17H2,1-2H3,(H,18,19). The number of anilines is 2. The first-order chi connectivity index (χ1) is 10.0. The zero-order valence-corrected chi connectivity index (χ0v) is 11.8. The van der Waals surface area contributed by atoms with Crippen molar-refractivity contribution in [3.05, 3.63) is 59.2 Å². The van der Waals surface area contributed by atoms with E-state index in [-0.39, 0.29) is 5.91 Å². The van der Waals surface area contributed by atoms with Crippen molar-refractivity contribution in [2.24, 2.45) is 0 Å². The predicted octanol–water partition coefficient (Wildman–Crippen LogP) is 2.62. The van der Waals surface area contributed by atoms with Gasteiger partial charge in [0.15, 0.2) is 0 Å². The number of methoxy groups -OCH3 is 1. The number of nitrogen functional groups attached to an aromatic ring is 1. The lowest BCUT2D eigenvalue weighted by atomic mass is 10.1. The Hall–Kier alpha value is -2.82. The molecule has 2 aromatic carbocycles. The minimum absolute atomic E-state index is 0.245. The van der Waals surface area contributed by atoms with E-state index >= 15 is 0 Å². The summed E-state index contributed by atoms with van der Waals surface area (Å²) in [7, 11) is 1.32. The number of amides is 1. The van der Waals surface area contributed by atoms with Crippen molar-refractivity contribution in [2.45, 2.75) is 6.92 Å². The molecular formula is C16H16N2O3. The van der Waals surface area contributed by atoms with E-state index in [4.69, 9.17) is 5.73 Å². The Bertz CT molecular complexity index is 678. The van der Waals surface area contributed by atoms with Gasteiger partial charge in [0.1, 0.15) is 0 Å². The van der Waals surface area contributed by atoms with Gasteiger partial charge in [-0.1, -0.05) is 6.07 Å². The number of hydrogen-bond donors (Lipinski definition) is 2. The third-order valence-corrected chi connectivity index (χ3v) is 3.18. The number of ether oxygens (including phenoxy) is 1. The van der Waals surface area contributed by atoms with Crippen molar-refractivity contribution < 1.29 is 14.3 Å². The highest BCUT2D eigenvalue weighted by Gasteiger charge is 2.11. The molecule has 0 saturated heterocycles. The molecule has 5 nitrogen and oxygen atoms in total. The molecule has 0 aliphatic carbocycles. The van der Waals surface area contributed by atoms with Crippen molar-refractivity contribution in [1.29, 1.82) is 0 Å². The maximum Gasteiger partial charge on any atom is 0.337 e. The van der Waals surface area contributed by atoms with Gasteiger partial charge in [0, 0.05) is 16.9 Å². The fourth-order valence-corrected chi connectivity index (χ4v) is 1.91. The van der Waals surface area contributed by atoms with E-state index in [1.165, 1.54) is 7.11 Å². The lowest BCUT2D eigenvalue weighted by molar-refractivity contribution is 0.0600. The normalized spacial score (nSPS) is 10.0. The summed E-state index contributed by atoms with van der Waals surface area (Å²) < 4.78 is 4.62. The molecule has 0 aromatic heterocycles. The number of rotatable bonds is 3. The third-order valence-electron chi connectivity index (χ3n) is 3.18. The molecule has 0 heterocycles. The van der Waals surface area contributed by atoms with Gasteiger partial charge in [-0.25, -0.2) is 4.79 Å². The van der Waals surface area contributed by atoms with Crippen LogP contribution in [0.1, 0.15) is 26.3 Å². The Morgan fingerprint density at radius 3 is 2.38 bits per heavy atom. The summed E-state index contributed by atoms with van der Waals surface area (Å²) in [6.07, 6.45) is 0. The summed E-state index contributed by atoms with van der Waals surface area (Å²) in [5, 5.41) is 2.76. The number of esters is 1. The Kier molecular flexibility index (Phi) is 4.23. The van der Waals surface area contributed by atoms with Gasteiger partial charge >= 0.3 is 5.97 Å². The van der Waals surface area contributed by atoms with Crippen molar-refractivity contribution >= 4 is 23.3 Å². The largest absolute Gasteiger partial charge is 0.465 e. The van der Waals surface area contributed by atoms with Crippen molar-refractivity contribution in [3.63, 3.8) is 0 Å². The second-order valence-corrected chi connectivity index (χ2v) is 4.54. The molecule has 0 fully saturated rings. The van der Waals surface area contributed by atoms with Gasteiger partial charge < -0.3 is 15.8 Å². The van der Waals surface area contributed by atoms with E-state index < -0.39 is 5.97 Å². The molecule has 108 valence electrons. The zero-order valence-electron chi connectivity index (χ0n) is 11.8. The van der Waals surface area contributed by atoms with Crippen LogP contribution in [-0.4, -0.2) is 19.0 Å². The zero-order chi connectivity index (χ0) is 15.4. The number of benzene rings is 2. The van der Waals surface area contributed by atoms with Crippen LogP contribution in [-0.2, 0) is 4.74 Å². The average Bonchev–Trinajstić information content (AvgIpc) is 2.50. The monoisotopic (exact) mass is 284 g/mol. The van der Waals surface area contributed by atoms with Gasteiger partial charge in [-0.05, 0) is 48.9 Å². The quantitative estimate of drug-likeness (QED) is 0.670. The molecule has 0 aliphatic rings. The number of hydrogen-bond acceptors (Lipinski definition) is 4. The summed E-state index contributed by atoms with van der Waals surface area (Å²) in [6, 6.07) is 11.7. The highest BCUT2D eigenvalue weighted by Crippen LogP contribution is 2.18. The first-order valence-electron chi connectivity index (χ1n) is 6.37. The van der Waals surface area contributed by atoms with Gasteiger partial charge in [0.05, 0.1) is 12.7 Å². The summed E-state index contributed by atoms with van der Waals surface area (Å²) in [4.78, 5) is 23.5. The minimum Gasteiger partial charge on any atom is -0.465 e. The van der Waals surface area contributed by atoms with E-state index in [2.05, 4.69) is 10.1 Å². The minimum atomic E-state index is -0.417. The summed E-state index contributed by atoms with van der Waals surface area (Å²) in [6.45, 7) is 1.80. The molecule has 5 heteroatoms. The highest BCUT2D eigenvalue weighted by atomic mass is 16.5.